The van der Waals surface area contributed by atoms with Crippen molar-refractivity contribution in [3.8, 4) is 17.2 Å². The Morgan fingerprint density at radius 3 is 1.54 bits per heavy atom. The van der Waals surface area contributed by atoms with Crippen LogP contribution in [-0.2, 0) is 6.61 Å². The first-order chi connectivity index (χ1) is 18.1. The van der Waals surface area contributed by atoms with E-state index in [9.17, 15) is 9.59 Å². The summed E-state index contributed by atoms with van der Waals surface area (Å²) < 4.78 is 16.2. The molecule has 0 radical (unpaired) electrons. The van der Waals surface area contributed by atoms with Crippen molar-refractivity contribution in [2.24, 2.45) is 0 Å². The normalized spacial score (nSPS) is 10.5. The first-order valence-corrected chi connectivity index (χ1v) is 11.7. The van der Waals surface area contributed by atoms with Gasteiger partial charge in [-0.25, -0.2) is 0 Å². The predicted octanol–water partition coefficient (Wildman–Crippen LogP) is 5.14. The van der Waals surface area contributed by atoms with Gasteiger partial charge in [-0.05, 0) is 71.8 Å². The molecule has 0 fully saturated rings. The van der Waals surface area contributed by atoms with Crippen LogP contribution >= 0.6 is 0 Å². The second-order valence-electron chi connectivity index (χ2n) is 8.18. The first kappa shape index (κ1) is 25.3. The minimum atomic E-state index is -0.785. The SMILES string of the molecule is COc1ccc(C(=O)NC(NC(=O)c2ccc(OC)cc2)c2ccc(OCc3ccccc3)cc2)cc1. The Kier molecular flexibility index (Phi) is 8.39. The molecule has 0 aliphatic heterocycles. The lowest BCUT2D eigenvalue weighted by molar-refractivity contribution is 0.0883. The quantitative estimate of drug-likeness (QED) is 0.297. The third-order valence-corrected chi connectivity index (χ3v) is 5.72. The first-order valence-electron chi connectivity index (χ1n) is 11.7. The van der Waals surface area contributed by atoms with Gasteiger partial charge < -0.3 is 24.8 Å². The zero-order chi connectivity index (χ0) is 26.0. The van der Waals surface area contributed by atoms with Crippen molar-refractivity contribution in [3.05, 3.63) is 125 Å². The smallest absolute Gasteiger partial charge is 0.253 e. The number of hydrogen-bond acceptors (Lipinski definition) is 5. The van der Waals surface area contributed by atoms with Crippen molar-refractivity contribution >= 4 is 11.8 Å². The summed E-state index contributed by atoms with van der Waals surface area (Å²) in [5.74, 6) is 1.28. The van der Waals surface area contributed by atoms with Crippen molar-refractivity contribution in [1.82, 2.24) is 10.6 Å². The molecule has 2 amide bonds. The highest BCUT2D eigenvalue weighted by Gasteiger charge is 2.19. The van der Waals surface area contributed by atoms with Gasteiger partial charge >= 0.3 is 0 Å². The Bertz CT molecular complexity index is 1240. The molecular weight excluding hydrogens is 468 g/mol. The molecule has 0 saturated carbocycles. The molecule has 0 heterocycles. The van der Waals surface area contributed by atoms with Crippen LogP contribution in [-0.4, -0.2) is 26.0 Å². The summed E-state index contributed by atoms with van der Waals surface area (Å²) in [5.41, 5.74) is 2.62. The molecule has 7 heteroatoms. The minimum absolute atomic E-state index is 0.341. The van der Waals surface area contributed by atoms with Gasteiger partial charge in [0.15, 0.2) is 0 Å². The number of methoxy groups -OCH3 is 2. The Morgan fingerprint density at radius 1 is 0.622 bits per heavy atom. The van der Waals surface area contributed by atoms with E-state index in [1.54, 1.807) is 62.8 Å². The number of benzene rings is 4. The Labute approximate surface area is 216 Å². The molecule has 4 aromatic rings. The standard InChI is InChI=1S/C30H28N2O5/c1-35-25-14-10-23(11-15-25)29(33)31-28(32-30(34)24-12-16-26(36-2)17-13-24)22-8-18-27(19-9-22)37-20-21-6-4-3-5-7-21/h3-19,28H,20H2,1-2H3,(H,31,33)(H,32,34). The van der Waals surface area contributed by atoms with Crippen LogP contribution in [0.4, 0.5) is 0 Å². The van der Waals surface area contributed by atoms with E-state index < -0.39 is 6.17 Å². The number of ether oxygens (including phenoxy) is 3. The van der Waals surface area contributed by atoms with Crippen molar-refractivity contribution in [2.45, 2.75) is 12.8 Å². The molecule has 7 nitrogen and oxygen atoms in total. The molecule has 0 aliphatic rings. The molecule has 0 aliphatic carbocycles. The maximum absolute atomic E-state index is 13.0. The van der Waals surface area contributed by atoms with Gasteiger partial charge in [-0.3, -0.25) is 9.59 Å². The average Bonchev–Trinajstić information content (AvgIpc) is 2.96. The average molecular weight is 497 g/mol. The summed E-state index contributed by atoms with van der Waals surface area (Å²) in [6.45, 7) is 0.437. The largest absolute Gasteiger partial charge is 0.497 e. The van der Waals surface area contributed by atoms with Crippen LogP contribution in [0.2, 0.25) is 0 Å². The van der Waals surface area contributed by atoms with Crippen LogP contribution in [0.15, 0.2) is 103 Å². The fourth-order valence-corrected chi connectivity index (χ4v) is 3.61. The van der Waals surface area contributed by atoms with Crippen LogP contribution < -0.4 is 24.8 Å². The Morgan fingerprint density at radius 2 is 1.08 bits per heavy atom. The zero-order valence-corrected chi connectivity index (χ0v) is 20.6. The number of amides is 2. The summed E-state index contributed by atoms with van der Waals surface area (Å²) in [6, 6.07) is 30.6. The summed E-state index contributed by atoms with van der Waals surface area (Å²) >= 11 is 0. The van der Waals surface area contributed by atoms with E-state index in [1.807, 2.05) is 54.6 Å². The summed E-state index contributed by atoms with van der Waals surface area (Å²) in [4.78, 5) is 26.0. The third kappa shape index (κ3) is 6.89. The minimum Gasteiger partial charge on any atom is -0.497 e. The molecule has 0 aromatic heterocycles. The Hall–Kier alpha value is -4.78. The van der Waals surface area contributed by atoms with Crippen LogP contribution in [0.3, 0.4) is 0 Å². The molecule has 4 aromatic carbocycles. The second-order valence-corrected chi connectivity index (χ2v) is 8.18. The monoisotopic (exact) mass is 496 g/mol. The highest BCUT2D eigenvalue weighted by molar-refractivity contribution is 5.97. The van der Waals surface area contributed by atoms with Gasteiger partial charge in [0.1, 0.15) is 30.0 Å². The van der Waals surface area contributed by atoms with E-state index in [0.29, 0.717) is 40.5 Å². The molecule has 4 rings (SSSR count). The van der Waals surface area contributed by atoms with E-state index >= 15 is 0 Å². The second kappa shape index (κ2) is 12.3. The maximum atomic E-state index is 13.0. The van der Waals surface area contributed by atoms with E-state index in [4.69, 9.17) is 14.2 Å². The lowest BCUT2D eigenvalue weighted by atomic mass is 10.1. The van der Waals surface area contributed by atoms with Gasteiger partial charge in [-0.15, -0.1) is 0 Å². The fourth-order valence-electron chi connectivity index (χ4n) is 3.61. The van der Waals surface area contributed by atoms with Crippen molar-refractivity contribution in [3.63, 3.8) is 0 Å². The lowest BCUT2D eigenvalue weighted by Gasteiger charge is -2.21. The van der Waals surface area contributed by atoms with Gasteiger partial charge in [0, 0.05) is 11.1 Å². The summed E-state index contributed by atoms with van der Waals surface area (Å²) in [5, 5.41) is 5.82. The highest BCUT2D eigenvalue weighted by Crippen LogP contribution is 2.20. The number of hydrogen-bond donors (Lipinski definition) is 2. The van der Waals surface area contributed by atoms with E-state index in [1.165, 1.54) is 0 Å². The van der Waals surface area contributed by atoms with Crippen LogP contribution in [0.1, 0.15) is 38.0 Å². The number of nitrogens with one attached hydrogen (secondary N) is 2. The lowest BCUT2D eigenvalue weighted by Crippen LogP contribution is -2.41. The summed E-state index contributed by atoms with van der Waals surface area (Å²) in [6.07, 6.45) is -0.785. The molecule has 2 N–H and O–H groups in total. The topological polar surface area (TPSA) is 85.9 Å². The highest BCUT2D eigenvalue weighted by atomic mass is 16.5. The van der Waals surface area contributed by atoms with Gasteiger partial charge in [0.2, 0.25) is 0 Å². The van der Waals surface area contributed by atoms with E-state index in [2.05, 4.69) is 10.6 Å². The predicted molar refractivity (Wildman–Crippen MR) is 141 cm³/mol. The van der Waals surface area contributed by atoms with E-state index in [-0.39, 0.29) is 11.8 Å². The fraction of sp³-hybridized carbons (Fsp3) is 0.133. The van der Waals surface area contributed by atoms with Crippen molar-refractivity contribution in [1.29, 1.82) is 0 Å². The number of rotatable bonds is 10. The third-order valence-electron chi connectivity index (χ3n) is 5.72. The molecule has 0 bridgehead atoms. The number of carbonyl (C=O) groups is 2. The summed E-state index contributed by atoms with van der Waals surface area (Å²) in [7, 11) is 3.13. The van der Waals surface area contributed by atoms with Gasteiger partial charge in [0.25, 0.3) is 11.8 Å². The molecule has 0 spiro atoms. The molecule has 37 heavy (non-hydrogen) atoms. The van der Waals surface area contributed by atoms with Crippen LogP contribution in [0, 0.1) is 0 Å². The molecular formula is C30H28N2O5. The van der Waals surface area contributed by atoms with Crippen molar-refractivity contribution < 1.29 is 23.8 Å². The van der Waals surface area contributed by atoms with Gasteiger partial charge in [-0.1, -0.05) is 42.5 Å². The Balaban J connectivity index is 1.51. The van der Waals surface area contributed by atoms with Gasteiger partial charge in [-0.2, -0.15) is 0 Å². The molecule has 0 saturated heterocycles. The molecule has 188 valence electrons. The van der Waals surface area contributed by atoms with Gasteiger partial charge in [0.05, 0.1) is 14.2 Å². The van der Waals surface area contributed by atoms with Crippen molar-refractivity contribution in [2.75, 3.05) is 14.2 Å². The maximum Gasteiger partial charge on any atom is 0.253 e. The van der Waals surface area contributed by atoms with Crippen LogP contribution in [0.25, 0.3) is 0 Å². The van der Waals surface area contributed by atoms with Crippen LogP contribution in [0.5, 0.6) is 17.2 Å². The molecule has 0 unspecified atom stereocenters. The molecule has 0 atom stereocenters. The zero-order valence-electron chi connectivity index (χ0n) is 20.6. The van der Waals surface area contributed by atoms with E-state index in [0.717, 1.165) is 5.56 Å². The number of carbonyl (C=O) groups excluding carboxylic acids is 2.